The van der Waals surface area contributed by atoms with Gasteiger partial charge >= 0.3 is 0 Å². The maximum atomic E-state index is 12.7. The van der Waals surface area contributed by atoms with Crippen molar-refractivity contribution in [2.75, 3.05) is 10.6 Å². The molecule has 0 saturated carbocycles. The molecule has 4 aromatic rings. The Morgan fingerprint density at radius 2 is 1.81 bits per heavy atom. The summed E-state index contributed by atoms with van der Waals surface area (Å²) in [5.41, 5.74) is 5.84. The Labute approximate surface area is 188 Å². The van der Waals surface area contributed by atoms with Crippen molar-refractivity contribution in [1.29, 1.82) is 0 Å². The van der Waals surface area contributed by atoms with Gasteiger partial charge in [0.1, 0.15) is 0 Å². The van der Waals surface area contributed by atoms with E-state index in [9.17, 15) is 4.79 Å². The normalized spacial score (nSPS) is 10.5. The molecule has 4 rings (SSSR count). The van der Waals surface area contributed by atoms with Gasteiger partial charge in [0, 0.05) is 45.6 Å². The number of nitrogens with zero attached hydrogens (tertiary/aromatic N) is 3. The third kappa shape index (κ3) is 4.95. The van der Waals surface area contributed by atoms with Gasteiger partial charge in [0.25, 0.3) is 5.91 Å². The van der Waals surface area contributed by atoms with E-state index in [1.807, 2.05) is 62.4 Å². The molecule has 0 aliphatic carbocycles. The van der Waals surface area contributed by atoms with Crippen molar-refractivity contribution < 1.29 is 4.79 Å². The third-order valence-electron chi connectivity index (χ3n) is 4.79. The Morgan fingerprint density at radius 1 is 0.968 bits per heavy atom. The number of aryl methyl sites for hydroxylation is 2. The van der Waals surface area contributed by atoms with Crippen LogP contribution in [0.25, 0.3) is 11.3 Å². The molecule has 0 unspecified atom stereocenters. The lowest BCUT2D eigenvalue weighted by Crippen LogP contribution is -2.12. The summed E-state index contributed by atoms with van der Waals surface area (Å²) in [5, 5.41) is 6.20. The fraction of sp³-hybridized carbons (Fsp3) is 0.0833. The average molecular weight is 474 g/mol. The van der Waals surface area contributed by atoms with Crippen LogP contribution in [0.5, 0.6) is 0 Å². The lowest BCUT2D eigenvalue weighted by atomic mass is 10.1. The van der Waals surface area contributed by atoms with Gasteiger partial charge < -0.3 is 10.6 Å². The summed E-state index contributed by atoms with van der Waals surface area (Å²) in [6.45, 7) is 3.96. The zero-order chi connectivity index (χ0) is 21.8. The monoisotopic (exact) mass is 473 g/mol. The van der Waals surface area contributed by atoms with Gasteiger partial charge in [-0.05, 0) is 67.4 Å². The predicted molar refractivity (Wildman–Crippen MR) is 127 cm³/mol. The van der Waals surface area contributed by atoms with Crippen molar-refractivity contribution >= 4 is 39.2 Å². The number of halogens is 1. The molecule has 1 amide bonds. The van der Waals surface area contributed by atoms with E-state index >= 15 is 0 Å². The van der Waals surface area contributed by atoms with Crippen LogP contribution in [0, 0.1) is 13.8 Å². The van der Waals surface area contributed by atoms with Gasteiger partial charge in [-0.15, -0.1) is 0 Å². The highest BCUT2D eigenvalue weighted by Gasteiger charge is 2.10. The van der Waals surface area contributed by atoms with E-state index in [4.69, 9.17) is 0 Å². The number of hydrogen-bond acceptors (Lipinski definition) is 5. The Kier molecular flexibility index (Phi) is 6.04. The summed E-state index contributed by atoms with van der Waals surface area (Å²) >= 11 is 3.47. The molecule has 2 N–H and O–H groups in total. The number of pyridine rings is 1. The Balaban J connectivity index is 1.54. The first-order chi connectivity index (χ1) is 15.0. The summed E-state index contributed by atoms with van der Waals surface area (Å²) in [5.74, 6) is 0.292. The molecule has 31 heavy (non-hydrogen) atoms. The standard InChI is InChI=1S/C24H20BrN5O/c1-15-5-7-17(12-20(15)25)23(31)28-19-8-6-16(2)22(13-19)30-24-27-11-9-21(29-24)18-4-3-10-26-14-18/h3-14H,1-2H3,(H,28,31)(H,27,29,30). The highest BCUT2D eigenvalue weighted by atomic mass is 79.9. The summed E-state index contributed by atoms with van der Waals surface area (Å²) in [4.78, 5) is 25.7. The number of amides is 1. The van der Waals surface area contributed by atoms with E-state index < -0.39 is 0 Å². The first-order valence-electron chi connectivity index (χ1n) is 9.68. The highest BCUT2D eigenvalue weighted by Crippen LogP contribution is 2.25. The van der Waals surface area contributed by atoms with E-state index in [2.05, 4.69) is 41.5 Å². The van der Waals surface area contributed by atoms with Gasteiger partial charge in [-0.1, -0.05) is 28.1 Å². The highest BCUT2D eigenvalue weighted by molar-refractivity contribution is 9.10. The third-order valence-corrected chi connectivity index (χ3v) is 5.64. The van der Waals surface area contributed by atoms with Gasteiger partial charge in [0.05, 0.1) is 5.69 Å². The molecular formula is C24H20BrN5O. The molecule has 0 atom stereocenters. The second kappa shape index (κ2) is 9.06. The molecule has 2 heterocycles. The van der Waals surface area contributed by atoms with Crippen LogP contribution in [0.4, 0.5) is 17.3 Å². The molecule has 154 valence electrons. The molecule has 0 saturated heterocycles. The van der Waals surface area contributed by atoms with Crippen molar-refractivity contribution in [3.05, 3.63) is 94.4 Å². The van der Waals surface area contributed by atoms with Gasteiger partial charge in [0.2, 0.25) is 5.95 Å². The van der Waals surface area contributed by atoms with E-state index in [0.29, 0.717) is 17.2 Å². The van der Waals surface area contributed by atoms with Crippen molar-refractivity contribution in [1.82, 2.24) is 15.0 Å². The SMILES string of the molecule is Cc1ccc(C(=O)Nc2ccc(C)c(Nc3nccc(-c4cccnc4)n3)c2)cc1Br. The molecule has 7 heteroatoms. The Morgan fingerprint density at radius 3 is 2.58 bits per heavy atom. The predicted octanol–water partition coefficient (Wildman–Crippen LogP) is 5.91. The van der Waals surface area contributed by atoms with Crippen molar-refractivity contribution in [2.45, 2.75) is 13.8 Å². The van der Waals surface area contributed by atoms with Crippen LogP contribution in [-0.2, 0) is 0 Å². The number of carbonyl (C=O) groups is 1. The smallest absolute Gasteiger partial charge is 0.255 e. The molecular weight excluding hydrogens is 454 g/mol. The molecule has 0 aliphatic heterocycles. The summed E-state index contributed by atoms with van der Waals surface area (Å²) in [7, 11) is 0. The zero-order valence-electron chi connectivity index (χ0n) is 17.1. The molecule has 0 radical (unpaired) electrons. The number of aromatic nitrogens is 3. The molecule has 0 spiro atoms. The second-order valence-electron chi connectivity index (χ2n) is 7.08. The summed E-state index contributed by atoms with van der Waals surface area (Å²) in [6, 6.07) is 16.9. The minimum Gasteiger partial charge on any atom is -0.324 e. The van der Waals surface area contributed by atoms with Crippen LogP contribution in [0.1, 0.15) is 21.5 Å². The first kappa shape index (κ1) is 20.7. The van der Waals surface area contributed by atoms with Crippen LogP contribution >= 0.6 is 15.9 Å². The number of carbonyl (C=O) groups excluding carboxylic acids is 1. The largest absolute Gasteiger partial charge is 0.324 e. The molecule has 2 aromatic carbocycles. The summed E-state index contributed by atoms with van der Waals surface area (Å²) < 4.78 is 0.900. The average Bonchev–Trinajstić information content (AvgIpc) is 2.78. The lowest BCUT2D eigenvalue weighted by molar-refractivity contribution is 0.102. The van der Waals surface area contributed by atoms with Crippen LogP contribution in [0.3, 0.4) is 0 Å². The Bertz CT molecular complexity index is 1240. The van der Waals surface area contributed by atoms with Crippen LogP contribution < -0.4 is 10.6 Å². The number of benzene rings is 2. The fourth-order valence-electron chi connectivity index (χ4n) is 2.99. The Hall–Kier alpha value is -3.58. The molecule has 6 nitrogen and oxygen atoms in total. The second-order valence-corrected chi connectivity index (χ2v) is 7.93. The van der Waals surface area contributed by atoms with Gasteiger partial charge in [0.15, 0.2) is 0 Å². The van der Waals surface area contributed by atoms with Crippen molar-refractivity contribution in [2.24, 2.45) is 0 Å². The topological polar surface area (TPSA) is 79.8 Å². The van der Waals surface area contributed by atoms with Crippen molar-refractivity contribution in [3.8, 4) is 11.3 Å². The molecule has 0 aliphatic rings. The van der Waals surface area contributed by atoms with E-state index in [1.54, 1.807) is 24.7 Å². The lowest BCUT2D eigenvalue weighted by Gasteiger charge is -2.12. The van der Waals surface area contributed by atoms with Gasteiger partial charge in [-0.25, -0.2) is 9.97 Å². The number of nitrogens with one attached hydrogen (secondary N) is 2. The quantitative estimate of drug-likeness (QED) is 0.376. The van der Waals surface area contributed by atoms with E-state index in [-0.39, 0.29) is 5.91 Å². The molecule has 0 bridgehead atoms. The van der Waals surface area contributed by atoms with E-state index in [0.717, 1.165) is 32.5 Å². The molecule has 2 aromatic heterocycles. The molecule has 0 fully saturated rings. The minimum absolute atomic E-state index is 0.176. The first-order valence-corrected chi connectivity index (χ1v) is 10.5. The van der Waals surface area contributed by atoms with Crippen LogP contribution in [0.15, 0.2) is 77.7 Å². The maximum absolute atomic E-state index is 12.7. The van der Waals surface area contributed by atoms with Crippen LogP contribution in [0.2, 0.25) is 0 Å². The van der Waals surface area contributed by atoms with Crippen molar-refractivity contribution in [3.63, 3.8) is 0 Å². The van der Waals surface area contributed by atoms with Gasteiger partial charge in [-0.2, -0.15) is 0 Å². The van der Waals surface area contributed by atoms with Gasteiger partial charge in [-0.3, -0.25) is 9.78 Å². The fourth-order valence-corrected chi connectivity index (χ4v) is 3.37. The maximum Gasteiger partial charge on any atom is 0.255 e. The summed E-state index contributed by atoms with van der Waals surface area (Å²) in [6.07, 6.45) is 5.19. The number of anilines is 3. The zero-order valence-corrected chi connectivity index (χ0v) is 18.6. The number of hydrogen-bond donors (Lipinski definition) is 2. The van der Waals surface area contributed by atoms with Crippen LogP contribution in [-0.4, -0.2) is 20.9 Å². The number of rotatable bonds is 5. The minimum atomic E-state index is -0.176. The van der Waals surface area contributed by atoms with E-state index in [1.165, 1.54) is 0 Å².